The molecular formula is C14H22N2O3. The lowest BCUT2D eigenvalue weighted by Gasteiger charge is -2.24. The second-order valence-electron chi connectivity index (χ2n) is 6.04. The Morgan fingerprint density at radius 3 is 2.79 bits per heavy atom. The van der Waals surface area contributed by atoms with E-state index in [1.54, 1.807) is 17.4 Å². The normalized spacial score (nSPS) is 23.7. The van der Waals surface area contributed by atoms with Gasteiger partial charge in [0, 0.05) is 19.0 Å². The van der Waals surface area contributed by atoms with Gasteiger partial charge in [-0.1, -0.05) is 0 Å². The molecule has 1 aromatic heterocycles. The van der Waals surface area contributed by atoms with Crippen molar-refractivity contribution in [2.75, 3.05) is 19.6 Å². The van der Waals surface area contributed by atoms with Gasteiger partial charge in [-0.3, -0.25) is 0 Å². The summed E-state index contributed by atoms with van der Waals surface area (Å²) in [6.45, 7) is 7.44. The Hall–Kier alpha value is -1.49. The first-order valence-corrected chi connectivity index (χ1v) is 6.61. The number of furan rings is 1. The number of carbonyl (C=O) groups is 1. The Balaban J connectivity index is 2.05. The molecule has 1 aliphatic rings. The van der Waals surface area contributed by atoms with Gasteiger partial charge in [0.2, 0.25) is 0 Å². The summed E-state index contributed by atoms with van der Waals surface area (Å²) in [5.41, 5.74) is 6.44. The fraction of sp³-hybridized carbons (Fsp3) is 0.643. The molecule has 1 saturated heterocycles. The van der Waals surface area contributed by atoms with E-state index in [0.717, 1.165) is 5.56 Å². The van der Waals surface area contributed by atoms with Crippen molar-refractivity contribution in [2.24, 2.45) is 11.7 Å². The van der Waals surface area contributed by atoms with Crippen LogP contribution in [0.2, 0.25) is 0 Å². The zero-order valence-corrected chi connectivity index (χ0v) is 11.8. The maximum absolute atomic E-state index is 12.1. The molecule has 19 heavy (non-hydrogen) atoms. The Morgan fingerprint density at radius 1 is 1.53 bits per heavy atom. The minimum Gasteiger partial charge on any atom is -0.472 e. The summed E-state index contributed by atoms with van der Waals surface area (Å²) in [6.07, 6.45) is 3.11. The maximum atomic E-state index is 12.1. The number of amides is 1. The van der Waals surface area contributed by atoms with Gasteiger partial charge in [0.25, 0.3) is 0 Å². The third kappa shape index (κ3) is 3.29. The molecule has 2 heterocycles. The van der Waals surface area contributed by atoms with Crippen LogP contribution in [0.25, 0.3) is 0 Å². The number of likely N-dealkylation sites (tertiary alicyclic amines) is 1. The highest BCUT2D eigenvalue weighted by Crippen LogP contribution is 2.33. The topological polar surface area (TPSA) is 68.7 Å². The molecule has 0 bridgehead atoms. The van der Waals surface area contributed by atoms with Gasteiger partial charge >= 0.3 is 6.09 Å². The second-order valence-corrected chi connectivity index (χ2v) is 6.04. The first-order valence-electron chi connectivity index (χ1n) is 6.61. The molecule has 5 nitrogen and oxygen atoms in total. The summed E-state index contributed by atoms with van der Waals surface area (Å²) in [5.74, 6) is 0.487. The first-order chi connectivity index (χ1) is 8.90. The van der Waals surface area contributed by atoms with E-state index in [0.29, 0.717) is 19.6 Å². The van der Waals surface area contributed by atoms with Crippen LogP contribution in [0.4, 0.5) is 4.79 Å². The van der Waals surface area contributed by atoms with Crippen molar-refractivity contribution < 1.29 is 13.9 Å². The summed E-state index contributed by atoms with van der Waals surface area (Å²) >= 11 is 0. The van der Waals surface area contributed by atoms with Gasteiger partial charge in [-0.2, -0.15) is 0 Å². The van der Waals surface area contributed by atoms with Crippen molar-refractivity contribution in [1.29, 1.82) is 0 Å². The van der Waals surface area contributed by atoms with E-state index in [2.05, 4.69) is 0 Å². The lowest BCUT2D eigenvalue weighted by Crippen LogP contribution is -2.35. The van der Waals surface area contributed by atoms with Crippen molar-refractivity contribution in [3.63, 3.8) is 0 Å². The molecule has 0 aromatic carbocycles. The molecular weight excluding hydrogens is 244 g/mol. The van der Waals surface area contributed by atoms with Gasteiger partial charge in [0.15, 0.2) is 0 Å². The zero-order chi connectivity index (χ0) is 14.0. The van der Waals surface area contributed by atoms with E-state index in [9.17, 15) is 4.79 Å². The van der Waals surface area contributed by atoms with E-state index in [-0.39, 0.29) is 17.9 Å². The molecule has 2 N–H and O–H groups in total. The number of nitrogens with zero attached hydrogens (tertiary/aromatic N) is 1. The molecule has 106 valence electrons. The highest BCUT2D eigenvalue weighted by molar-refractivity contribution is 5.68. The molecule has 0 aliphatic carbocycles. The SMILES string of the molecule is CC(C)(C)OC(=O)N1CC(CN)C(c2ccoc2)C1. The van der Waals surface area contributed by atoms with Crippen molar-refractivity contribution in [1.82, 2.24) is 4.90 Å². The predicted octanol–water partition coefficient (Wildman–Crippen LogP) is 2.19. The fourth-order valence-corrected chi connectivity index (χ4v) is 2.45. The molecule has 2 unspecified atom stereocenters. The van der Waals surface area contributed by atoms with Crippen LogP contribution in [-0.4, -0.2) is 36.2 Å². The van der Waals surface area contributed by atoms with Gasteiger partial charge in [-0.05, 0) is 44.9 Å². The minimum atomic E-state index is -0.469. The Morgan fingerprint density at radius 2 is 2.26 bits per heavy atom. The summed E-state index contributed by atoms with van der Waals surface area (Å²) in [7, 11) is 0. The van der Waals surface area contributed by atoms with E-state index >= 15 is 0 Å². The zero-order valence-electron chi connectivity index (χ0n) is 11.8. The van der Waals surface area contributed by atoms with Crippen molar-refractivity contribution in [2.45, 2.75) is 32.3 Å². The number of carbonyl (C=O) groups excluding carboxylic acids is 1. The lowest BCUT2D eigenvalue weighted by atomic mass is 9.91. The monoisotopic (exact) mass is 266 g/mol. The molecule has 2 atom stereocenters. The van der Waals surface area contributed by atoms with Crippen LogP contribution in [0.3, 0.4) is 0 Å². The average Bonchev–Trinajstić information content (AvgIpc) is 2.95. The third-order valence-corrected chi connectivity index (χ3v) is 3.37. The Bertz CT molecular complexity index is 422. The molecule has 0 spiro atoms. The van der Waals surface area contributed by atoms with Crippen LogP contribution in [0.5, 0.6) is 0 Å². The largest absolute Gasteiger partial charge is 0.472 e. The van der Waals surface area contributed by atoms with E-state index in [4.69, 9.17) is 14.9 Å². The summed E-state index contributed by atoms with van der Waals surface area (Å²) < 4.78 is 10.5. The third-order valence-electron chi connectivity index (χ3n) is 3.37. The number of ether oxygens (including phenoxy) is 1. The second kappa shape index (κ2) is 5.25. The van der Waals surface area contributed by atoms with E-state index < -0.39 is 5.60 Å². The lowest BCUT2D eigenvalue weighted by molar-refractivity contribution is 0.0287. The van der Waals surface area contributed by atoms with Crippen LogP contribution in [0.15, 0.2) is 23.0 Å². The smallest absolute Gasteiger partial charge is 0.410 e. The molecule has 0 radical (unpaired) electrons. The molecule has 2 rings (SSSR count). The van der Waals surface area contributed by atoms with Gasteiger partial charge in [-0.15, -0.1) is 0 Å². The van der Waals surface area contributed by atoms with Gasteiger partial charge < -0.3 is 19.8 Å². The van der Waals surface area contributed by atoms with Crippen LogP contribution in [-0.2, 0) is 4.74 Å². The first kappa shape index (κ1) is 13.9. The van der Waals surface area contributed by atoms with Crippen LogP contribution in [0, 0.1) is 5.92 Å². The van der Waals surface area contributed by atoms with Gasteiger partial charge in [0.1, 0.15) is 5.60 Å². The fourth-order valence-electron chi connectivity index (χ4n) is 2.45. The maximum Gasteiger partial charge on any atom is 0.410 e. The van der Waals surface area contributed by atoms with Crippen LogP contribution >= 0.6 is 0 Å². The van der Waals surface area contributed by atoms with Crippen LogP contribution in [0.1, 0.15) is 32.3 Å². The average molecular weight is 266 g/mol. The van der Waals surface area contributed by atoms with E-state index in [1.807, 2.05) is 26.8 Å². The number of nitrogens with two attached hydrogens (primary N) is 1. The minimum absolute atomic E-state index is 0.233. The van der Waals surface area contributed by atoms with Crippen molar-refractivity contribution in [3.8, 4) is 0 Å². The summed E-state index contributed by atoms with van der Waals surface area (Å²) in [6, 6.07) is 1.94. The highest BCUT2D eigenvalue weighted by Gasteiger charge is 2.37. The molecule has 1 amide bonds. The van der Waals surface area contributed by atoms with E-state index in [1.165, 1.54) is 0 Å². The van der Waals surface area contributed by atoms with Gasteiger partial charge in [-0.25, -0.2) is 4.79 Å². The highest BCUT2D eigenvalue weighted by atomic mass is 16.6. The predicted molar refractivity (Wildman–Crippen MR) is 71.8 cm³/mol. The number of rotatable bonds is 2. The molecule has 1 fully saturated rings. The number of hydrogen-bond acceptors (Lipinski definition) is 4. The molecule has 1 aromatic rings. The Labute approximate surface area is 113 Å². The Kier molecular flexibility index (Phi) is 3.85. The number of hydrogen-bond donors (Lipinski definition) is 1. The van der Waals surface area contributed by atoms with Crippen molar-refractivity contribution >= 4 is 6.09 Å². The van der Waals surface area contributed by atoms with Crippen LogP contribution < -0.4 is 5.73 Å². The van der Waals surface area contributed by atoms with Crippen molar-refractivity contribution in [3.05, 3.63) is 24.2 Å². The van der Waals surface area contributed by atoms with Gasteiger partial charge in [0.05, 0.1) is 12.5 Å². The standard InChI is InChI=1S/C14H22N2O3/c1-14(2,3)19-13(17)16-7-11(6-15)12(8-16)10-4-5-18-9-10/h4-5,9,11-12H,6-8,15H2,1-3H3. The summed E-state index contributed by atoms with van der Waals surface area (Å²) in [5, 5.41) is 0. The molecule has 5 heteroatoms. The molecule has 0 saturated carbocycles. The quantitative estimate of drug-likeness (QED) is 0.891. The molecule has 1 aliphatic heterocycles. The summed E-state index contributed by atoms with van der Waals surface area (Å²) in [4.78, 5) is 13.8.